The van der Waals surface area contributed by atoms with Crippen LogP contribution in [0.15, 0.2) is 189 Å². The molecule has 0 heterocycles. The fourth-order valence-electron chi connectivity index (χ4n) is 7.07. The van der Waals surface area contributed by atoms with Crippen molar-refractivity contribution in [3.8, 4) is 22.3 Å². The Morgan fingerprint density at radius 2 is 1.09 bits per heavy atom. The van der Waals surface area contributed by atoms with E-state index in [4.69, 9.17) is 0 Å². The summed E-state index contributed by atoms with van der Waals surface area (Å²) in [6.45, 7) is 3.94. The fraction of sp³-hybridized carbons (Fsp3) is 0.0213. The topological polar surface area (TPSA) is 0 Å². The van der Waals surface area contributed by atoms with Gasteiger partial charge in [0.2, 0.25) is 0 Å². The van der Waals surface area contributed by atoms with Crippen LogP contribution in [0.3, 0.4) is 0 Å². The van der Waals surface area contributed by atoms with Gasteiger partial charge in [-0.25, -0.2) is 0 Å². The molecule has 0 aromatic heterocycles. The van der Waals surface area contributed by atoms with Crippen LogP contribution < -0.4 is 0 Å². The minimum Gasteiger partial charge on any atom is -0.0991 e. The van der Waals surface area contributed by atoms with Crippen molar-refractivity contribution in [1.29, 1.82) is 0 Å². The molecule has 0 radical (unpaired) electrons. The van der Waals surface area contributed by atoms with Crippen molar-refractivity contribution in [2.45, 2.75) is 5.92 Å². The Balaban J connectivity index is 1.27. The van der Waals surface area contributed by atoms with Crippen LogP contribution in [0.4, 0.5) is 0 Å². The molecule has 0 spiro atoms. The van der Waals surface area contributed by atoms with Gasteiger partial charge in [0.25, 0.3) is 0 Å². The number of rotatable bonds is 7. The average molecular weight is 599 g/mol. The van der Waals surface area contributed by atoms with Crippen molar-refractivity contribution in [1.82, 2.24) is 0 Å². The summed E-state index contributed by atoms with van der Waals surface area (Å²) in [5, 5.41) is 10.1. The fourth-order valence-corrected chi connectivity index (χ4v) is 7.07. The highest BCUT2D eigenvalue weighted by Gasteiger charge is 2.18. The SMILES string of the molecule is C=C/C=C\C(C=Cc1ccc2ccccc2c1)c1ccc2c(-c3c4ccccc4c(-c4ccccc4)c4ccccc34)cccc2c1. The van der Waals surface area contributed by atoms with Gasteiger partial charge in [-0.3, -0.25) is 0 Å². The summed E-state index contributed by atoms with van der Waals surface area (Å²) in [6.07, 6.45) is 10.6. The molecule has 8 rings (SSSR count). The van der Waals surface area contributed by atoms with E-state index in [9.17, 15) is 0 Å². The predicted molar refractivity (Wildman–Crippen MR) is 205 cm³/mol. The summed E-state index contributed by atoms with van der Waals surface area (Å²) in [5.74, 6) is 0.111. The maximum absolute atomic E-state index is 3.94. The number of hydrogen-bond donors (Lipinski definition) is 0. The lowest BCUT2D eigenvalue weighted by molar-refractivity contribution is 1.09. The van der Waals surface area contributed by atoms with Crippen molar-refractivity contribution in [2.24, 2.45) is 0 Å². The summed E-state index contributed by atoms with van der Waals surface area (Å²) >= 11 is 0. The lowest BCUT2D eigenvalue weighted by Crippen LogP contribution is -1.94. The Kier molecular flexibility index (Phi) is 7.53. The summed E-state index contributed by atoms with van der Waals surface area (Å²) in [5.41, 5.74) is 7.52. The standard InChI is InChI=1S/C47H34/c1-2-3-14-34(27-25-33-26-28-35-15-7-8-18-37(35)31-33)38-29-30-40-39(32-38)19-13-24-41(40)47-44-22-11-9-20-42(44)46(36-16-5-4-6-17-36)43-21-10-12-23-45(43)47/h2-32,34H,1H2/b14-3-,27-25?. The third-order valence-corrected chi connectivity index (χ3v) is 9.28. The highest BCUT2D eigenvalue weighted by molar-refractivity contribution is 6.23. The minimum absolute atomic E-state index is 0.111. The molecule has 0 saturated carbocycles. The smallest absolute Gasteiger partial charge is 0.0205 e. The Morgan fingerprint density at radius 3 is 1.81 bits per heavy atom. The first-order valence-electron chi connectivity index (χ1n) is 16.3. The second-order valence-corrected chi connectivity index (χ2v) is 12.1. The van der Waals surface area contributed by atoms with Crippen LogP contribution in [-0.2, 0) is 0 Å². The molecule has 0 nitrogen and oxygen atoms in total. The van der Waals surface area contributed by atoms with E-state index in [1.165, 1.54) is 76.5 Å². The molecule has 0 bridgehead atoms. The molecular formula is C47H34. The highest BCUT2D eigenvalue weighted by atomic mass is 14.2. The first-order valence-corrected chi connectivity index (χ1v) is 16.3. The van der Waals surface area contributed by atoms with Gasteiger partial charge in [-0.05, 0) is 82.5 Å². The summed E-state index contributed by atoms with van der Waals surface area (Å²) in [6, 6.07) is 57.4. The third kappa shape index (κ3) is 5.35. The molecule has 47 heavy (non-hydrogen) atoms. The van der Waals surface area contributed by atoms with Crippen molar-refractivity contribution in [3.05, 3.63) is 200 Å². The van der Waals surface area contributed by atoms with Gasteiger partial charge in [0.1, 0.15) is 0 Å². The third-order valence-electron chi connectivity index (χ3n) is 9.28. The van der Waals surface area contributed by atoms with Crippen molar-refractivity contribution < 1.29 is 0 Å². The van der Waals surface area contributed by atoms with Crippen LogP contribution in [-0.4, -0.2) is 0 Å². The molecule has 8 aromatic rings. The van der Waals surface area contributed by atoms with E-state index >= 15 is 0 Å². The number of fused-ring (bicyclic) bond motifs is 4. The molecule has 0 fully saturated rings. The molecule has 0 aliphatic carbocycles. The van der Waals surface area contributed by atoms with Gasteiger partial charge in [0.15, 0.2) is 0 Å². The largest absolute Gasteiger partial charge is 0.0991 e. The van der Waals surface area contributed by atoms with Gasteiger partial charge in [-0.1, -0.05) is 189 Å². The zero-order chi connectivity index (χ0) is 31.6. The van der Waals surface area contributed by atoms with E-state index in [0.29, 0.717) is 0 Å². The Labute approximate surface area is 276 Å². The van der Waals surface area contributed by atoms with Gasteiger partial charge in [-0.2, -0.15) is 0 Å². The van der Waals surface area contributed by atoms with Gasteiger partial charge in [0, 0.05) is 5.92 Å². The van der Waals surface area contributed by atoms with Crippen LogP contribution in [0.5, 0.6) is 0 Å². The second kappa shape index (κ2) is 12.4. The van der Waals surface area contributed by atoms with Crippen molar-refractivity contribution >= 4 is 49.2 Å². The Hall–Kier alpha value is -5.98. The molecule has 0 amide bonds. The molecule has 8 aromatic carbocycles. The van der Waals surface area contributed by atoms with Crippen LogP contribution in [0.2, 0.25) is 0 Å². The zero-order valence-electron chi connectivity index (χ0n) is 26.2. The van der Waals surface area contributed by atoms with Crippen molar-refractivity contribution in [3.63, 3.8) is 0 Å². The van der Waals surface area contributed by atoms with Crippen molar-refractivity contribution in [2.75, 3.05) is 0 Å². The molecule has 0 aliphatic rings. The van der Waals surface area contributed by atoms with Crippen LogP contribution >= 0.6 is 0 Å². The van der Waals surface area contributed by atoms with E-state index < -0.39 is 0 Å². The Morgan fingerprint density at radius 1 is 0.447 bits per heavy atom. The first kappa shape index (κ1) is 28.5. The zero-order valence-corrected chi connectivity index (χ0v) is 26.2. The van der Waals surface area contributed by atoms with Crippen LogP contribution in [0.25, 0.3) is 71.4 Å². The molecule has 1 unspecified atom stereocenters. The second-order valence-electron chi connectivity index (χ2n) is 12.1. The quantitative estimate of drug-likeness (QED) is 0.126. The molecule has 222 valence electrons. The summed E-state index contributed by atoms with van der Waals surface area (Å²) < 4.78 is 0. The lowest BCUT2D eigenvalue weighted by Gasteiger charge is -2.19. The van der Waals surface area contributed by atoms with E-state index in [1.54, 1.807) is 0 Å². The predicted octanol–water partition coefficient (Wildman–Crippen LogP) is 13.2. The van der Waals surface area contributed by atoms with Gasteiger partial charge in [0.05, 0.1) is 0 Å². The number of allylic oxidation sites excluding steroid dienone is 4. The summed E-state index contributed by atoms with van der Waals surface area (Å²) in [7, 11) is 0. The average Bonchev–Trinajstić information content (AvgIpc) is 3.13. The minimum atomic E-state index is 0.111. The molecule has 1 atom stereocenters. The van der Waals surface area contributed by atoms with Crippen LogP contribution in [0.1, 0.15) is 17.0 Å². The van der Waals surface area contributed by atoms with E-state index in [0.717, 1.165) is 0 Å². The van der Waals surface area contributed by atoms with Crippen LogP contribution in [0, 0.1) is 0 Å². The maximum atomic E-state index is 3.94. The molecule has 0 N–H and O–H groups in total. The molecule has 0 saturated heterocycles. The number of hydrogen-bond acceptors (Lipinski definition) is 0. The van der Waals surface area contributed by atoms with E-state index in [1.807, 2.05) is 12.2 Å². The molecular weight excluding hydrogens is 565 g/mol. The summed E-state index contributed by atoms with van der Waals surface area (Å²) in [4.78, 5) is 0. The Bertz CT molecular complexity index is 2420. The molecule has 0 aliphatic heterocycles. The lowest BCUT2D eigenvalue weighted by atomic mass is 9.84. The maximum Gasteiger partial charge on any atom is 0.0205 e. The van der Waals surface area contributed by atoms with Gasteiger partial charge < -0.3 is 0 Å². The molecule has 0 heteroatoms. The van der Waals surface area contributed by atoms with Gasteiger partial charge >= 0.3 is 0 Å². The van der Waals surface area contributed by atoms with E-state index in [2.05, 4.69) is 183 Å². The monoisotopic (exact) mass is 598 g/mol. The normalized spacial score (nSPS) is 12.5. The van der Waals surface area contributed by atoms with E-state index in [-0.39, 0.29) is 5.92 Å². The first-order chi connectivity index (χ1) is 23.3. The number of benzene rings is 8. The highest BCUT2D eigenvalue weighted by Crippen LogP contribution is 2.45. The van der Waals surface area contributed by atoms with Gasteiger partial charge in [-0.15, -0.1) is 0 Å².